The van der Waals surface area contributed by atoms with Gasteiger partial charge in [-0.2, -0.15) is 0 Å². The molecule has 2 aliphatic rings. The lowest BCUT2D eigenvalue weighted by atomic mass is 10.1. The summed E-state index contributed by atoms with van der Waals surface area (Å²) >= 11 is 6.25. The summed E-state index contributed by atoms with van der Waals surface area (Å²) < 4.78 is 5.48. The van der Waals surface area contributed by atoms with Crippen LogP contribution in [0.15, 0.2) is 39.5 Å². The number of halogens is 1. The Hall–Kier alpha value is -2.67. The molecule has 0 saturated carbocycles. The number of carbonyl (C=O) groups excluding carboxylic acids is 1. The van der Waals surface area contributed by atoms with Crippen LogP contribution in [0.3, 0.4) is 0 Å². The largest absolute Gasteiger partial charge is 0.420 e. The average molecular weight is 330 g/mol. The van der Waals surface area contributed by atoms with Gasteiger partial charge < -0.3 is 14.2 Å². The Labute approximate surface area is 136 Å². The van der Waals surface area contributed by atoms with Gasteiger partial charge in [-0.1, -0.05) is 17.7 Å². The number of amides is 1. The van der Waals surface area contributed by atoms with Crippen LogP contribution in [0.5, 0.6) is 0 Å². The highest BCUT2D eigenvalue weighted by atomic mass is 35.5. The van der Waals surface area contributed by atoms with Gasteiger partial charge in [0, 0.05) is 20.2 Å². The number of aliphatic imine (C=N–C) groups is 1. The second-order valence-corrected chi connectivity index (χ2v) is 5.67. The van der Waals surface area contributed by atoms with Crippen molar-refractivity contribution in [3.8, 4) is 0 Å². The monoisotopic (exact) mass is 329 g/mol. The van der Waals surface area contributed by atoms with E-state index in [4.69, 9.17) is 16.0 Å². The molecule has 1 amide bonds. The molecule has 1 aromatic carbocycles. The molecule has 0 aliphatic carbocycles. The smallest absolute Gasteiger partial charge is 0.268 e. The first-order chi connectivity index (χ1) is 11.1. The highest BCUT2D eigenvalue weighted by molar-refractivity contribution is 6.35. The first-order valence-corrected chi connectivity index (χ1v) is 7.34. The number of fused-ring (bicyclic) bond motifs is 3. The number of hydrogen-bond acceptors (Lipinski definition) is 6. The van der Waals surface area contributed by atoms with Gasteiger partial charge in [-0.05, 0) is 12.1 Å². The number of carbonyl (C=O) groups is 1. The number of hydrogen-bond donors (Lipinski definition) is 0. The standard InChI is InChI=1S/C15H12ClN5O2/c1-8-18-19-14(23-8)13-11-6-20(2)15(22)12-9(16)4-3-5-10(12)21(11)7-17-13/h3-6H,7H2,1-2H3. The number of allylic oxidation sites excluding steroid dienone is 1. The van der Waals surface area contributed by atoms with Crippen molar-refractivity contribution in [1.29, 1.82) is 0 Å². The quantitative estimate of drug-likeness (QED) is 0.802. The number of rotatable bonds is 1. The number of benzene rings is 1. The molecule has 0 fully saturated rings. The van der Waals surface area contributed by atoms with Crippen LogP contribution in [0.2, 0.25) is 5.02 Å². The highest BCUT2D eigenvalue weighted by Gasteiger charge is 2.34. The number of aromatic nitrogens is 2. The lowest BCUT2D eigenvalue weighted by Crippen LogP contribution is -2.21. The van der Waals surface area contributed by atoms with Crippen LogP contribution in [0.4, 0.5) is 5.69 Å². The minimum atomic E-state index is -0.173. The van der Waals surface area contributed by atoms with Crippen molar-refractivity contribution < 1.29 is 9.21 Å². The first kappa shape index (κ1) is 14.0. The molecule has 0 radical (unpaired) electrons. The molecule has 4 rings (SSSR count). The molecule has 0 bridgehead atoms. The zero-order chi connectivity index (χ0) is 16.1. The van der Waals surface area contributed by atoms with Gasteiger partial charge in [0.2, 0.25) is 5.89 Å². The molecule has 7 nitrogen and oxygen atoms in total. The third kappa shape index (κ3) is 2.04. The van der Waals surface area contributed by atoms with Crippen LogP contribution in [0.1, 0.15) is 22.1 Å². The Morgan fingerprint density at radius 2 is 2.13 bits per heavy atom. The highest BCUT2D eigenvalue weighted by Crippen LogP contribution is 2.36. The molecule has 23 heavy (non-hydrogen) atoms. The zero-order valence-electron chi connectivity index (χ0n) is 12.4. The Morgan fingerprint density at radius 3 is 2.87 bits per heavy atom. The summed E-state index contributed by atoms with van der Waals surface area (Å²) in [5.74, 6) is 0.624. The van der Waals surface area contributed by atoms with Crippen molar-refractivity contribution in [2.24, 2.45) is 4.99 Å². The van der Waals surface area contributed by atoms with Crippen molar-refractivity contribution in [3.05, 3.63) is 52.5 Å². The lowest BCUT2D eigenvalue weighted by molar-refractivity contribution is 0.0852. The minimum absolute atomic E-state index is 0.173. The van der Waals surface area contributed by atoms with Gasteiger partial charge in [-0.3, -0.25) is 9.79 Å². The second-order valence-electron chi connectivity index (χ2n) is 5.27. The van der Waals surface area contributed by atoms with Crippen molar-refractivity contribution in [3.63, 3.8) is 0 Å². The third-order valence-corrected chi connectivity index (χ3v) is 4.08. The van der Waals surface area contributed by atoms with E-state index in [0.717, 1.165) is 5.70 Å². The van der Waals surface area contributed by atoms with Gasteiger partial charge in [-0.15, -0.1) is 10.2 Å². The van der Waals surface area contributed by atoms with E-state index in [1.165, 1.54) is 4.90 Å². The fourth-order valence-corrected chi connectivity index (χ4v) is 2.95. The van der Waals surface area contributed by atoms with E-state index in [9.17, 15) is 4.79 Å². The molecule has 0 saturated heterocycles. The predicted molar refractivity (Wildman–Crippen MR) is 84.5 cm³/mol. The van der Waals surface area contributed by atoms with E-state index >= 15 is 0 Å². The van der Waals surface area contributed by atoms with E-state index in [-0.39, 0.29) is 5.91 Å². The fraction of sp³-hybridized carbons (Fsp3) is 0.200. The van der Waals surface area contributed by atoms with Crippen LogP contribution in [-0.2, 0) is 0 Å². The van der Waals surface area contributed by atoms with Crippen LogP contribution in [0, 0.1) is 6.92 Å². The van der Waals surface area contributed by atoms with Gasteiger partial charge >= 0.3 is 0 Å². The topological polar surface area (TPSA) is 74.8 Å². The summed E-state index contributed by atoms with van der Waals surface area (Å²) in [5, 5.41) is 8.28. The molecule has 116 valence electrons. The van der Waals surface area contributed by atoms with E-state index in [0.29, 0.717) is 40.4 Å². The average Bonchev–Trinajstić information content (AvgIpc) is 3.10. The summed E-state index contributed by atoms with van der Waals surface area (Å²) in [6.45, 7) is 2.08. The summed E-state index contributed by atoms with van der Waals surface area (Å²) in [4.78, 5) is 20.5. The molecule has 2 aliphatic heterocycles. The Kier molecular flexibility index (Phi) is 2.99. The van der Waals surface area contributed by atoms with Crippen molar-refractivity contribution in [2.45, 2.75) is 6.92 Å². The third-order valence-electron chi connectivity index (χ3n) is 3.76. The molecule has 3 heterocycles. The van der Waals surface area contributed by atoms with E-state index in [1.54, 1.807) is 26.2 Å². The van der Waals surface area contributed by atoms with Crippen LogP contribution < -0.4 is 4.90 Å². The van der Waals surface area contributed by atoms with Crippen LogP contribution in [-0.4, -0.2) is 40.4 Å². The maximum Gasteiger partial charge on any atom is 0.268 e. The maximum absolute atomic E-state index is 12.6. The summed E-state index contributed by atoms with van der Waals surface area (Å²) in [6, 6.07) is 5.37. The molecule has 8 heteroatoms. The fourth-order valence-electron chi connectivity index (χ4n) is 2.70. The van der Waals surface area contributed by atoms with Gasteiger partial charge in [0.05, 0.1) is 22.0 Å². The minimum Gasteiger partial charge on any atom is -0.420 e. The number of anilines is 1. The van der Waals surface area contributed by atoms with Crippen molar-refractivity contribution in [2.75, 3.05) is 18.6 Å². The van der Waals surface area contributed by atoms with Crippen LogP contribution >= 0.6 is 11.6 Å². The van der Waals surface area contributed by atoms with E-state index in [1.807, 2.05) is 17.0 Å². The van der Waals surface area contributed by atoms with Crippen molar-refractivity contribution >= 4 is 28.9 Å². The molecular formula is C15H12ClN5O2. The predicted octanol–water partition coefficient (Wildman–Crippen LogP) is 2.23. The molecule has 0 unspecified atom stereocenters. The van der Waals surface area contributed by atoms with E-state index < -0.39 is 0 Å². The Bertz CT molecular complexity index is 886. The summed E-state index contributed by atoms with van der Waals surface area (Å²) in [6.07, 6.45) is 1.71. The van der Waals surface area contributed by atoms with Gasteiger partial charge in [-0.25, -0.2) is 0 Å². The molecule has 0 atom stereocenters. The molecule has 2 aromatic rings. The van der Waals surface area contributed by atoms with E-state index in [2.05, 4.69) is 15.2 Å². The maximum atomic E-state index is 12.6. The van der Waals surface area contributed by atoms with Gasteiger partial charge in [0.25, 0.3) is 11.8 Å². The normalized spacial score (nSPS) is 16.7. The van der Waals surface area contributed by atoms with Crippen LogP contribution in [0.25, 0.3) is 0 Å². The van der Waals surface area contributed by atoms with Crippen molar-refractivity contribution in [1.82, 2.24) is 15.1 Å². The molecular weight excluding hydrogens is 318 g/mol. The van der Waals surface area contributed by atoms with Gasteiger partial charge in [0.15, 0.2) is 0 Å². The van der Waals surface area contributed by atoms with Gasteiger partial charge in [0.1, 0.15) is 12.4 Å². The molecule has 0 spiro atoms. The number of nitrogens with zero attached hydrogens (tertiary/aromatic N) is 5. The Balaban J connectivity index is 1.88. The summed E-state index contributed by atoms with van der Waals surface area (Å²) in [7, 11) is 1.68. The number of aryl methyl sites for hydroxylation is 1. The zero-order valence-corrected chi connectivity index (χ0v) is 13.2. The second kappa shape index (κ2) is 4.92. The SMILES string of the molecule is Cc1nnc(C2=NCN3C2=CN(C)C(=O)c2c(Cl)cccc23)o1. The molecule has 1 aromatic heterocycles. The molecule has 0 N–H and O–H groups in total. The summed E-state index contributed by atoms with van der Waals surface area (Å²) in [5.41, 5.74) is 2.47. The lowest BCUT2D eigenvalue weighted by Gasteiger charge is -2.19. The Morgan fingerprint density at radius 1 is 1.30 bits per heavy atom. The first-order valence-electron chi connectivity index (χ1n) is 6.96.